The van der Waals surface area contributed by atoms with Gasteiger partial charge in [-0.05, 0) is 12.5 Å². The maximum Gasteiger partial charge on any atom is 0.187 e. The van der Waals surface area contributed by atoms with E-state index in [0.717, 1.165) is 36.8 Å². The van der Waals surface area contributed by atoms with E-state index in [-0.39, 0.29) is 5.82 Å². The average molecular weight is 370 g/mol. The number of aromatic nitrogens is 4. The summed E-state index contributed by atoms with van der Waals surface area (Å²) in [7, 11) is 0. The Kier molecular flexibility index (Phi) is 3.74. The molecule has 134 valence electrons. The largest absolute Gasteiger partial charge is 0.353 e. The van der Waals surface area contributed by atoms with Crippen molar-refractivity contribution in [2.24, 2.45) is 11.8 Å². The third-order valence-electron chi connectivity index (χ3n) is 5.41. The number of hydrogen-bond donors (Lipinski definition) is 0. The predicted octanol–water partition coefficient (Wildman–Crippen LogP) is 2.76. The molecule has 3 aromatic rings. The maximum atomic E-state index is 14.6. The minimum atomic E-state index is -0.259. The summed E-state index contributed by atoms with van der Waals surface area (Å²) in [6, 6.07) is 2.01. The van der Waals surface area contributed by atoms with Crippen molar-refractivity contribution in [1.82, 2.24) is 19.9 Å². The number of fused-ring (bicyclic) bond motifs is 2. The number of anilines is 2. The second-order valence-electron chi connectivity index (χ2n) is 6.98. The lowest BCUT2D eigenvalue weighted by Gasteiger charge is -2.22. The van der Waals surface area contributed by atoms with Gasteiger partial charge in [0.15, 0.2) is 16.8 Å². The molecule has 2 fully saturated rings. The lowest BCUT2D eigenvalue weighted by molar-refractivity contribution is 0.533. The summed E-state index contributed by atoms with van der Waals surface area (Å²) in [6.07, 6.45) is 5.69. The van der Waals surface area contributed by atoms with Crippen LogP contribution in [-0.2, 0) is 6.42 Å². The third-order valence-corrected chi connectivity index (χ3v) is 6.51. The highest BCUT2D eigenvalue weighted by molar-refractivity contribution is 7.22. The van der Waals surface area contributed by atoms with E-state index >= 15 is 0 Å². The van der Waals surface area contributed by atoms with Crippen molar-refractivity contribution in [2.75, 3.05) is 36.0 Å². The number of halogens is 1. The molecule has 6 nitrogen and oxygen atoms in total. The molecule has 26 heavy (non-hydrogen) atoms. The Morgan fingerprint density at radius 2 is 1.92 bits per heavy atom. The Balaban J connectivity index is 1.33. The molecule has 0 N–H and O–H groups in total. The fraction of sp³-hybridized carbons (Fsp3) is 0.444. The van der Waals surface area contributed by atoms with E-state index in [0.29, 0.717) is 29.8 Å². The first-order valence-corrected chi connectivity index (χ1v) is 9.74. The zero-order chi connectivity index (χ0) is 17.7. The van der Waals surface area contributed by atoms with Gasteiger partial charge in [-0.3, -0.25) is 4.98 Å². The molecule has 2 atom stereocenters. The number of nitrogens with zero attached hydrogens (tertiary/aromatic N) is 6. The van der Waals surface area contributed by atoms with Gasteiger partial charge in [0.05, 0.1) is 16.6 Å². The summed E-state index contributed by atoms with van der Waals surface area (Å²) in [5.41, 5.74) is 1.46. The van der Waals surface area contributed by atoms with Crippen LogP contribution < -0.4 is 9.80 Å². The van der Waals surface area contributed by atoms with Gasteiger partial charge in [-0.2, -0.15) is 0 Å². The highest BCUT2D eigenvalue weighted by atomic mass is 32.1. The molecule has 0 bridgehead atoms. The maximum absolute atomic E-state index is 14.6. The summed E-state index contributed by atoms with van der Waals surface area (Å²) in [6.45, 7) is 5.51. The van der Waals surface area contributed by atoms with Crippen molar-refractivity contribution in [3.05, 3.63) is 36.3 Å². The standard InChI is InChI=1S/C18H19FN6S/c1-2-13-16(19)17(22-10-21-13)24-6-11-8-25(9-12(11)7-24)18-23-14-5-20-4-3-15(14)26-18/h3-5,10-12H,2,6-9H2,1H3. The smallest absolute Gasteiger partial charge is 0.187 e. The normalized spacial score (nSPS) is 22.4. The van der Waals surface area contributed by atoms with Crippen LogP contribution in [0.4, 0.5) is 15.3 Å². The molecule has 0 amide bonds. The molecule has 0 saturated carbocycles. The molecule has 5 heterocycles. The summed E-state index contributed by atoms with van der Waals surface area (Å²) < 4.78 is 15.7. The Morgan fingerprint density at radius 3 is 2.65 bits per heavy atom. The number of hydrogen-bond acceptors (Lipinski definition) is 7. The van der Waals surface area contributed by atoms with Crippen molar-refractivity contribution in [2.45, 2.75) is 13.3 Å². The van der Waals surface area contributed by atoms with E-state index in [2.05, 4.69) is 24.8 Å². The lowest BCUT2D eigenvalue weighted by atomic mass is 10.0. The topological polar surface area (TPSA) is 58.0 Å². The Labute approximate surface area is 154 Å². The van der Waals surface area contributed by atoms with Crippen LogP contribution in [0.1, 0.15) is 12.6 Å². The summed E-state index contributed by atoms with van der Waals surface area (Å²) in [5.74, 6) is 1.23. The third kappa shape index (κ3) is 2.51. The van der Waals surface area contributed by atoms with Crippen LogP contribution >= 0.6 is 11.3 Å². The molecule has 0 spiro atoms. The van der Waals surface area contributed by atoms with E-state index in [1.807, 2.05) is 25.4 Å². The highest BCUT2D eigenvalue weighted by Crippen LogP contribution is 2.38. The number of aryl methyl sites for hydroxylation is 1. The minimum Gasteiger partial charge on any atom is -0.353 e. The van der Waals surface area contributed by atoms with Crippen LogP contribution in [0.25, 0.3) is 10.2 Å². The molecule has 2 aliphatic rings. The first-order chi connectivity index (χ1) is 12.7. The number of thiazole rings is 1. The van der Waals surface area contributed by atoms with Crippen LogP contribution in [0.5, 0.6) is 0 Å². The minimum absolute atomic E-state index is 0.259. The van der Waals surface area contributed by atoms with Crippen LogP contribution in [0.15, 0.2) is 24.8 Å². The average Bonchev–Trinajstić information content (AvgIpc) is 3.33. The van der Waals surface area contributed by atoms with Gasteiger partial charge in [0.25, 0.3) is 0 Å². The fourth-order valence-corrected chi connectivity index (χ4v) is 5.04. The van der Waals surface area contributed by atoms with Crippen molar-refractivity contribution in [3.63, 3.8) is 0 Å². The van der Waals surface area contributed by atoms with Crippen molar-refractivity contribution in [3.8, 4) is 0 Å². The van der Waals surface area contributed by atoms with Crippen LogP contribution in [0, 0.1) is 17.7 Å². The van der Waals surface area contributed by atoms with Crippen LogP contribution in [-0.4, -0.2) is 46.1 Å². The van der Waals surface area contributed by atoms with E-state index < -0.39 is 0 Å². The number of rotatable bonds is 3. The molecular formula is C18H19FN6S. The fourth-order valence-electron chi connectivity index (χ4n) is 4.09. The molecule has 2 aliphatic heterocycles. The Bertz CT molecular complexity index is 913. The second-order valence-corrected chi connectivity index (χ2v) is 7.99. The van der Waals surface area contributed by atoms with E-state index in [9.17, 15) is 4.39 Å². The first-order valence-electron chi connectivity index (χ1n) is 8.92. The van der Waals surface area contributed by atoms with Gasteiger partial charge < -0.3 is 9.80 Å². The Morgan fingerprint density at radius 1 is 1.15 bits per heavy atom. The first kappa shape index (κ1) is 15.9. The molecule has 2 unspecified atom stereocenters. The van der Waals surface area contributed by atoms with Crippen LogP contribution in [0.3, 0.4) is 0 Å². The molecule has 2 saturated heterocycles. The van der Waals surface area contributed by atoms with Gasteiger partial charge in [0.2, 0.25) is 0 Å². The summed E-state index contributed by atoms with van der Waals surface area (Å²) in [5, 5.41) is 1.07. The van der Waals surface area contributed by atoms with Crippen LogP contribution in [0.2, 0.25) is 0 Å². The van der Waals surface area contributed by atoms with Gasteiger partial charge in [-0.25, -0.2) is 19.3 Å². The molecule has 8 heteroatoms. The summed E-state index contributed by atoms with van der Waals surface area (Å²) >= 11 is 1.72. The quantitative estimate of drug-likeness (QED) is 0.707. The lowest BCUT2D eigenvalue weighted by Crippen LogP contribution is -2.30. The van der Waals surface area contributed by atoms with E-state index in [1.54, 1.807) is 11.3 Å². The van der Waals surface area contributed by atoms with Gasteiger partial charge in [-0.15, -0.1) is 0 Å². The molecule has 0 aliphatic carbocycles. The molecule has 5 rings (SSSR count). The van der Waals surface area contributed by atoms with Crippen molar-refractivity contribution >= 4 is 32.5 Å². The van der Waals surface area contributed by atoms with E-state index in [4.69, 9.17) is 4.98 Å². The summed E-state index contributed by atoms with van der Waals surface area (Å²) in [4.78, 5) is 21.6. The zero-order valence-electron chi connectivity index (χ0n) is 14.5. The second kappa shape index (κ2) is 6.12. The SMILES string of the molecule is CCc1ncnc(N2CC3CN(c4nc5cnccc5s4)CC3C2)c1F. The van der Waals surface area contributed by atoms with Gasteiger partial charge in [0, 0.05) is 44.2 Å². The van der Waals surface area contributed by atoms with E-state index in [1.165, 1.54) is 11.0 Å². The zero-order valence-corrected chi connectivity index (χ0v) is 15.3. The monoisotopic (exact) mass is 370 g/mol. The number of pyridine rings is 1. The van der Waals surface area contributed by atoms with Gasteiger partial charge in [0.1, 0.15) is 11.8 Å². The highest BCUT2D eigenvalue weighted by Gasteiger charge is 2.42. The van der Waals surface area contributed by atoms with Gasteiger partial charge >= 0.3 is 0 Å². The van der Waals surface area contributed by atoms with Crippen molar-refractivity contribution < 1.29 is 4.39 Å². The van der Waals surface area contributed by atoms with Crippen molar-refractivity contribution in [1.29, 1.82) is 0 Å². The molecule has 3 aromatic heterocycles. The molecular weight excluding hydrogens is 351 g/mol. The Hall–Kier alpha value is -2.35. The molecule has 0 aromatic carbocycles. The molecule has 0 radical (unpaired) electrons. The predicted molar refractivity (Wildman–Crippen MR) is 100 cm³/mol. The van der Waals surface area contributed by atoms with Gasteiger partial charge in [-0.1, -0.05) is 18.3 Å².